The Labute approximate surface area is 243 Å². The van der Waals surface area contributed by atoms with Crippen LogP contribution in [0.2, 0.25) is 5.02 Å². The van der Waals surface area contributed by atoms with Crippen LogP contribution in [0.5, 0.6) is 0 Å². The van der Waals surface area contributed by atoms with E-state index in [1.807, 2.05) is 0 Å². The highest BCUT2D eigenvalue weighted by Crippen LogP contribution is 2.23. The van der Waals surface area contributed by atoms with Crippen molar-refractivity contribution in [3.8, 4) is 0 Å². The first-order chi connectivity index (χ1) is 18.6. The van der Waals surface area contributed by atoms with Crippen LogP contribution >= 0.6 is 27.5 Å². The fourth-order valence-electron chi connectivity index (χ4n) is 4.23. The maximum Gasteiger partial charge on any atom is 0.243 e. The number of carbonyl (C=O) groups excluding carboxylic acids is 1. The van der Waals surface area contributed by atoms with Crippen molar-refractivity contribution in [2.45, 2.75) is 42.1 Å². The number of nitrogens with zero attached hydrogens (tertiary/aromatic N) is 2. The third-order valence-electron chi connectivity index (χ3n) is 6.41. The van der Waals surface area contributed by atoms with Gasteiger partial charge in [-0.05, 0) is 72.5 Å². The van der Waals surface area contributed by atoms with E-state index in [2.05, 4.69) is 21.2 Å². The van der Waals surface area contributed by atoms with Gasteiger partial charge in [-0.1, -0.05) is 58.2 Å². The summed E-state index contributed by atoms with van der Waals surface area (Å²) in [6.07, 6.45) is 2.75. The maximum atomic E-state index is 13.4. The van der Waals surface area contributed by atoms with Crippen LogP contribution in [0.25, 0.3) is 0 Å². The molecule has 1 heterocycles. The van der Waals surface area contributed by atoms with Crippen LogP contribution in [0.15, 0.2) is 87.1 Å². The monoisotopic (exact) mass is 653 g/mol. The van der Waals surface area contributed by atoms with E-state index in [9.17, 15) is 21.6 Å². The van der Waals surface area contributed by atoms with Gasteiger partial charge in [0.2, 0.25) is 26.0 Å². The minimum atomic E-state index is -4.01. The van der Waals surface area contributed by atoms with Crippen molar-refractivity contribution >= 4 is 53.5 Å². The highest BCUT2D eigenvalue weighted by atomic mass is 79.9. The van der Waals surface area contributed by atoms with Crippen LogP contribution in [0, 0.1) is 0 Å². The molecule has 4 rings (SSSR count). The van der Waals surface area contributed by atoms with E-state index in [-0.39, 0.29) is 22.9 Å². The van der Waals surface area contributed by atoms with Gasteiger partial charge in [-0.3, -0.25) is 4.79 Å². The summed E-state index contributed by atoms with van der Waals surface area (Å²) >= 11 is 9.30. The molecule has 1 aliphatic rings. The smallest absolute Gasteiger partial charge is 0.243 e. The second-order valence-electron chi connectivity index (χ2n) is 9.24. The molecule has 1 fully saturated rings. The lowest BCUT2D eigenvalue weighted by molar-refractivity contribution is -0.121. The first kappa shape index (κ1) is 29.7. The van der Waals surface area contributed by atoms with Crippen molar-refractivity contribution in [1.82, 2.24) is 13.9 Å². The second-order valence-corrected chi connectivity index (χ2v) is 14.5. The Morgan fingerprint density at radius 2 is 1.38 bits per heavy atom. The predicted octanol–water partition coefficient (Wildman–Crippen LogP) is 4.78. The fourth-order valence-corrected chi connectivity index (χ4v) is 7.52. The Morgan fingerprint density at radius 3 is 2.00 bits per heavy atom. The van der Waals surface area contributed by atoms with E-state index >= 15 is 0 Å². The van der Waals surface area contributed by atoms with E-state index in [0.29, 0.717) is 29.2 Å². The van der Waals surface area contributed by atoms with Gasteiger partial charge in [-0.25, -0.2) is 16.8 Å². The predicted molar refractivity (Wildman–Crippen MR) is 154 cm³/mol. The lowest BCUT2D eigenvalue weighted by Crippen LogP contribution is -2.40. The van der Waals surface area contributed by atoms with Crippen LogP contribution in [0.4, 0.5) is 0 Å². The number of nitrogens with one attached hydrogen (secondary N) is 1. The number of hydrogen-bond acceptors (Lipinski definition) is 5. The van der Waals surface area contributed by atoms with E-state index in [0.717, 1.165) is 28.0 Å². The number of amides is 1. The van der Waals surface area contributed by atoms with Crippen molar-refractivity contribution in [2.75, 3.05) is 19.6 Å². The lowest BCUT2D eigenvalue weighted by Gasteiger charge is -2.25. The van der Waals surface area contributed by atoms with Crippen LogP contribution in [-0.4, -0.2) is 51.0 Å². The summed E-state index contributed by atoms with van der Waals surface area (Å²) in [5, 5.41) is 3.15. The third-order valence-corrected chi connectivity index (χ3v) is 10.9. The molecule has 8 nitrogen and oxygen atoms in total. The second kappa shape index (κ2) is 12.9. The molecular formula is C27H29BrClN3O5S2. The zero-order chi connectivity index (χ0) is 28.0. The Morgan fingerprint density at radius 1 is 0.821 bits per heavy atom. The van der Waals surface area contributed by atoms with Gasteiger partial charge in [0, 0.05) is 35.7 Å². The third kappa shape index (κ3) is 7.68. The molecule has 0 atom stereocenters. The van der Waals surface area contributed by atoms with Crippen molar-refractivity contribution < 1.29 is 21.6 Å². The molecule has 0 saturated carbocycles. The first-order valence-electron chi connectivity index (χ1n) is 12.4. The molecule has 0 unspecified atom stereocenters. The van der Waals surface area contributed by atoms with Crippen molar-refractivity contribution in [2.24, 2.45) is 0 Å². The molecule has 3 aromatic carbocycles. The highest BCUT2D eigenvalue weighted by Gasteiger charge is 2.28. The molecule has 12 heteroatoms. The molecule has 208 valence electrons. The summed E-state index contributed by atoms with van der Waals surface area (Å²) in [5.41, 5.74) is 1.41. The summed E-state index contributed by atoms with van der Waals surface area (Å²) in [7, 11) is -7.55. The van der Waals surface area contributed by atoms with Gasteiger partial charge >= 0.3 is 0 Å². The Bertz CT molecular complexity index is 1490. The first-order valence-corrected chi connectivity index (χ1v) is 16.5. The number of piperidine rings is 1. The molecule has 0 aliphatic carbocycles. The Kier molecular flexibility index (Phi) is 9.84. The van der Waals surface area contributed by atoms with Crippen molar-refractivity contribution in [3.63, 3.8) is 0 Å². The summed E-state index contributed by atoms with van der Waals surface area (Å²) in [5.74, 6) is -0.491. The molecule has 0 radical (unpaired) electrons. The summed E-state index contributed by atoms with van der Waals surface area (Å²) in [6.45, 7) is 0.763. The van der Waals surface area contributed by atoms with E-state index in [1.54, 1.807) is 36.4 Å². The molecular weight excluding hydrogens is 626 g/mol. The van der Waals surface area contributed by atoms with E-state index in [4.69, 9.17) is 11.6 Å². The van der Waals surface area contributed by atoms with Gasteiger partial charge < -0.3 is 5.32 Å². The minimum Gasteiger partial charge on any atom is -0.351 e. The number of sulfonamides is 2. The van der Waals surface area contributed by atoms with Gasteiger partial charge in [0.25, 0.3) is 0 Å². The molecule has 1 N–H and O–H groups in total. The number of benzene rings is 3. The molecule has 1 saturated heterocycles. The number of rotatable bonds is 10. The molecule has 1 aliphatic heterocycles. The largest absolute Gasteiger partial charge is 0.351 e. The standard InChI is InChI=1S/C27H29BrClN3O5S2/c28-23-8-4-22(5-9-23)19-32(39(36,37)26-14-10-24(29)11-15-26)20-27(33)30-18-21-6-12-25(13-7-21)38(34,35)31-16-2-1-3-17-31/h4-15H,1-3,16-20H2,(H,30,33). The van der Waals surface area contributed by atoms with Gasteiger partial charge in [0.05, 0.1) is 16.3 Å². The Balaban J connectivity index is 1.44. The van der Waals surface area contributed by atoms with Gasteiger partial charge in [0.15, 0.2) is 0 Å². The maximum absolute atomic E-state index is 13.4. The van der Waals surface area contributed by atoms with Gasteiger partial charge in [-0.2, -0.15) is 8.61 Å². The van der Waals surface area contributed by atoms with E-state index in [1.165, 1.54) is 40.7 Å². The molecule has 1 amide bonds. The van der Waals surface area contributed by atoms with Crippen LogP contribution in [0.3, 0.4) is 0 Å². The fraction of sp³-hybridized carbons (Fsp3) is 0.296. The van der Waals surface area contributed by atoms with E-state index < -0.39 is 32.5 Å². The summed E-state index contributed by atoms with van der Waals surface area (Å²) in [4.78, 5) is 13.1. The van der Waals surface area contributed by atoms with Crippen LogP contribution in [0.1, 0.15) is 30.4 Å². The molecule has 0 aromatic heterocycles. The van der Waals surface area contributed by atoms with Crippen molar-refractivity contribution in [1.29, 1.82) is 0 Å². The SMILES string of the molecule is O=C(CN(Cc1ccc(Br)cc1)S(=O)(=O)c1ccc(Cl)cc1)NCc1ccc(S(=O)(=O)N2CCCCC2)cc1. The number of halogens is 2. The number of carbonyl (C=O) groups is 1. The van der Waals surface area contributed by atoms with Gasteiger partial charge in [0.1, 0.15) is 0 Å². The molecule has 3 aromatic rings. The van der Waals surface area contributed by atoms with Crippen LogP contribution in [-0.2, 0) is 37.9 Å². The summed E-state index contributed by atoms with van der Waals surface area (Å²) < 4.78 is 56.0. The zero-order valence-corrected chi connectivity index (χ0v) is 25.1. The molecule has 0 spiro atoms. The zero-order valence-electron chi connectivity index (χ0n) is 21.1. The lowest BCUT2D eigenvalue weighted by atomic mass is 10.2. The summed E-state index contributed by atoms with van der Waals surface area (Å²) in [6, 6.07) is 19.3. The topological polar surface area (TPSA) is 104 Å². The van der Waals surface area contributed by atoms with Gasteiger partial charge in [-0.15, -0.1) is 0 Å². The van der Waals surface area contributed by atoms with Crippen molar-refractivity contribution in [3.05, 3.63) is 93.4 Å². The Hall–Kier alpha value is -2.28. The average molecular weight is 655 g/mol. The average Bonchev–Trinajstić information content (AvgIpc) is 2.93. The minimum absolute atomic E-state index is 0.00524. The molecule has 0 bridgehead atoms. The number of hydrogen-bond donors (Lipinski definition) is 1. The molecule has 39 heavy (non-hydrogen) atoms. The quantitative estimate of drug-likeness (QED) is 0.339. The van der Waals surface area contributed by atoms with Crippen LogP contribution < -0.4 is 5.32 Å². The normalized spacial score (nSPS) is 14.8. The highest BCUT2D eigenvalue weighted by molar-refractivity contribution is 9.10.